The van der Waals surface area contributed by atoms with Crippen molar-refractivity contribution in [3.63, 3.8) is 0 Å². The lowest BCUT2D eigenvalue weighted by Gasteiger charge is -2.12. The molecule has 0 heterocycles. The highest BCUT2D eigenvalue weighted by Gasteiger charge is 2.12. The summed E-state index contributed by atoms with van der Waals surface area (Å²) < 4.78 is 0.758. The first-order valence-corrected chi connectivity index (χ1v) is 7.73. The lowest BCUT2D eigenvalue weighted by atomic mass is 9.97. The van der Waals surface area contributed by atoms with Crippen LogP contribution < -0.4 is 11.1 Å². The van der Waals surface area contributed by atoms with Crippen molar-refractivity contribution >= 4 is 44.8 Å². The third-order valence-corrected chi connectivity index (χ3v) is 4.41. The van der Waals surface area contributed by atoms with Gasteiger partial charge in [0.1, 0.15) is 0 Å². The monoisotopic (exact) mass is 366 g/mol. The summed E-state index contributed by atoms with van der Waals surface area (Å²) in [6.07, 6.45) is 0.407. The van der Waals surface area contributed by atoms with Gasteiger partial charge < -0.3 is 11.1 Å². The molecule has 0 spiro atoms. The highest BCUT2D eigenvalue weighted by atomic mass is 79.9. The number of hydrogen-bond acceptors (Lipinski definition) is 2. The Morgan fingerprint density at radius 2 is 1.95 bits per heavy atom. The van der Waals surface area contributed by atoms with E-state index < -0.39 is 0 Å². The SMILES string of the molecule is CC(CC(=O)Nc1ccc(Cl)c(Br)c1)c1ccc(N)cc1. The summed E-state index contributed by atoms with van der Waals surface area (Å²) in [4.78, 5) is 12.1. The summed E-state index contributed by atoms with van der Waals surface area (Å²) in [6.45, 7) is 2.02. The van der Waals surface area contributed by atoms with E-state index in [0.29, 0.717) is 11.4 Å². The number of nitrogens with two attached hydrogens (primary N) is 1. The first kappa shape index (κ1) is 15.9. The van der Waals surface area contributed by atoms with E-state index in [2.05, 4.69) is 21.2 Å². The molecule has 0 fully saturated rings. The fourth-order valence-electron chi connectivity index (χ4n) is 2.01. The Morgan fingerprint density at radius 1 is 1.29 bits per heavy atom. The van der Waals surface area contributed by atoms with Gasteiger partial charge in [0.25, 0.3) is 0 Å². The molecule has 1 unspecified atom stereocenters. The molecule has 1 atom stereocenters. The van der Waals surface area contributed by atoms with Gasteiger partial charge in [0.05, 0.1) is 5.02 Å². The number of rotatable bonds is 4. The molecule has 0 saturated carbocycles. The molecule has 0 aliphatic rings. The molecule has 1 amide bonds. The van der Waals surface area contributed by atoms with Crippen LogP contribution in [-0.2, 0) is 4.79 Å². The van der Waals surface area contributed by atoms with Crippen molar-refractivity contribution < 1.29 is 4.79 Å². The topological polar surface area (TPSA) is 55.1 Å². The summed E-state index contributed by atoms with van der Waals surface area (Å²) in [5.41, 5.74) is 8.20. The zero-order chi connectivity index (χ0) is 15.4. The van der Waals surface area contributed by atoms with Gasteiger partial charge in [-0.15, -0.1) is 0 Å². The number of anilines is 2. The Labute approximate surface area is 137 Å². The summed E-state index contributed by atoms with van der Waals surface area (Å²) in [5.74, 6) is 0.0925. The van der Waals surface area contributed by atoms with Gasteiger partial charge in [0.15, 0.2) is 0 Å². The van der Waals surface area contributed by atoms with Crippen LogP contribution in [0.15, 0.2) is 46.9 Å². The van der Waals surface area contributed by atoms with E-state index >= 15 is 0 Å². The molecule has 3 nitrogen and oxygen atoms in total. The number of hydrogen-bond donors (Lipinski definition) is 2. The van der Waals surface area contributed by atoms with Gasteiger partial charge in [-0.3, -0.25) is 4.79 Å². The van der Waals surface area contributed by atoms with Crippen molar-refractivity contribution in [2.24, 2.45) is 0 Å². The lowest BCUT2D eigenvalue weighted by Crippen LogP contribution is -2.14. The molecule has 2 aromatic rings. The second-order valence-electron chi connectivity index (χ2n) is 4.95. The largest absolute Gasteiger partial charge is 0.399 e. The smallest absolute Gasteiger partial charge is 0.224 e. The van der Waals surface area contributed by atoms with Crippen molar-refractivity contribution in [2.45, 2.75) is 19.3 Å². The zero-order valence-corrected chi connectivity index (χ0v) is 13.9. The number of nitrogens with one attached hydrogen (secondary N) is 1. The van der Waals surface area contributed by atoms with Gasteiger partial charge in [-0.25, -0.2) is 0 Å². The van der Waals surface area contributed by atoms with E-state index in [9.17, 15) is 4.79 Å². The second kappa shape index (κ2) is 6.96. The molecule has 0 radical (unpaired) electrons. The second-order valence-corrected chi connectivity index (χ2v) is 6.21. The van der Waals surface area contributed by atoms with Gasteiger partial charge >= 0.3 is 0 Å². The normalized spacial score (nSPS) is 12.0. The number of benzene rings is 2. The number of halogens is 2. The molecule has 3 N–H and O–H groups in total. The Morgan fingerprint density at radius 3 is 2.57 bits per heavy atom. The predicted octanol–water partition coefficient (Wildman–Crippen LogP) is 4.82. The average Bonchev–Trinajstić information content (AvgIpc) is 2.43. The zero-order valence-electron chi connectivity index (χ0n) is 11.6. The average molecular weight is 368 g/mol. The standard InChI is InChI=1S/C16H16BrClN2O/c1-10(11-2-4-12(19)5-3-11)8-16(21)20-13-6-7-15(18)14(17)9-13/h2-7,9-10H,8,19H2,1H3,(H,20,21). The number of carbonyl (C=O) groups is 1. The maximum absolute atomic E-state index is 12.1. The molecule has 2 aromatic carbocycles. The first-order chi connectivity index (χ1) is 9.95. The minimum atomic E-state index is -0.0338. The molecule has 2 rings (SSSR count). The number of carbonyl (C=O) groups excluding carboxylic acids is 1. The third kappa shape index (κ3) is 4.48. The Hall–Kier alpha value is -1.52. The van der Waals surface area contributed by atoms with Crippen LogP contribution in [0.1, 0.15) is 24.8 Å². The molecule has 0 aromatic heterocycles. The molecule has 110 valence electrons. The highest BCUT2D eigenvalue weighted by molar-refractivity contribution is 9.10. The molecule has 0 aliphatic heterocycles. The Balaban J connectivity index is 1.97. The number of nitrogen functional groups attached to an aromatic ring is 1. The minimum absolute atomic E-state index is 0.0338. The third-order valence-electron chi connectivity index (χ3n) is 3.20. The maximum Gasteiger partial charge on any atom is 0.224 e. The van der Waals surface area contributed by atoms with E-state index in [-0.39, 0.29) is 11.8 Å². The van der Waals surface area contributed by atoms with E-state index in [1.807, 2.05) is 31.2 Å². The quantitative estimate of drug-likeness (QED) is 0.761. The predicted molar refractivity (Wildman–Crippen MR) is 91.7 cm³/mol. The van der Waals surface area contributed by atoms with Crippen molar-refractivity contribution in [3.8, 4) is 0 Å². The van der Waals surface area contributed by atoms with Crippen LogP contribution >= 0.6 is 27.5 Å². The lowest BCUT2D eigenvalue weighted by molar-refractivity contribution is -0.116. The van der Waals surface area contributed by atoms with Crippen molar-refractivity contribution in [1.29, 1.82) is 0 Å². The fraction of sp³-hybridized carbons (Fsp3) is 0.188. The van der Waals surface area contributed by atoms with Gasteiger partial charge in [-0.2, -0.15) is 0 Å². The van der Waals surface area contributed by atoms with Crippen molar-refractivity contribution in [2.75, 3.05) is 11.1 Å². The van der Waals surface area contributed by atoms with E-state index in [4.69, 9.17) is 17.3 Å². The first-order valence-electron chi connectivity index (χ1n) is 6.56. The molecule has 5 heteroatoms. The minimum Gasteiger partial charge on any atom is -0.399 e. The van der Waals surface area contributed by atoms with Crippen LogP contribution in [0, 0.1) is 0 Å². The van der Waals surface area contributed by atoms with Crippen LogP contribution in [0.4, 0.5) is 11.4 Å². The maximum atomic E-state index is 12.1. The fourth-order valence-corrected chi connectivity index (χ4v) is 2.50. The summed E-state index contributed by atoms with van der Waals surface area (Å²) >= 11 is 9.26. The van der Waals surface area contributed by atoms with E-state index in [0.717, 1.165) is 21.4 Å². The Kier molecular flexibility index (Phi) is 5.26. The van der Waals surface area contributed by atoms with Crippen LogP contribution in [0.2, 0.25) is 5.02 Å². The van der Waals surface area contributed by atoms with Crippen molar-refractivity contribution in [1.82, 2.24) is 0 Å². The van der Waals surface area contributed by atoms with Crippen LogP contribution in [0.3, 0.4) is 0 Å². The molecular weight excluding hydrogens is 352 g/mol. The van der Waals surface area contributed by atoms with E-state index in [1.165, 1.54) is 0 Å². The molecule has 0 bridgehead atoms. The molecular formula is C16H16BrClN2O. The summed E-state index contributed by atoms with van der Waals surface area (Å²) in [7, 11) is 0. The van der Waals surface area contributed by atoms with Crippen LogP contribution in [0.5, 0.6) is 0 Å². The molecule has 21 heavy (non-hydrogen) atoms. The number of amides is 1. The Bertz CT molecular complexity index is 643. The summed E-state index contributed by atoms with van der Waals surface area (Å²) in [6, 6.07) is 12.9. The van der Waals surface area contributed by atoms with Gasteiger partial charge in [0.2, 0.25) is 5.91 Å². The molecule has 0 saturated heterocycles. The van der Waals surface area contributed by atoms with E-state index in [1.54, 1.807) is 18.2 Å². The van der Waals surface area contributed by atoms with Gasteiger partial charge in [-0.05, 0) is 57.7 Å². The summed E-state index contributed by atoms with van der Waals surface area (Å²) in [5, 5.41) is 3.48. The van der Waals surface area contributed by atoms with Crippen molar-refractivity contribution in [3.05, 3.63) is 57.5 Å². The molecule has 0 aliphatic carbocycles. The van der Waals surface area contributed by atoms with Crippen LogP contribution in [-0.4, -0.2) is 5.91 Å². The van der Waals surface area contributed by atoms with Crippen LogP contribution in [0.25, 0.3) is 0 Å². The van der Waals surface area contributed by atoms with Gasteiger partial charge in [0, 0.05) is 22.3 Å². The van der Waals surface area contributed by atoms with Gasteiger partial charge in [-0.1, -0.05) is 30.7 Å². The highest BCUT2D eigenvalue weighted by Crippen LogP contribution is 2.26.